The number of hydrogen-bond donors (Lipinski definition) is 1. The highest BCUT2D eigenvalue weighted by Gasteiger charge is 2.34. The second kappa shape index (κ2) is 13.7. The van der Waals surface area contributed by atoms with E-state index >= 15 is 0 Å². The zero-order chi connectivity index (χ0) is 33.0. The van der Waals surface area contributed by atoms with Gasteiger partial charge < -0.3 is 28.5 Å². The molecule has 238 valence electrons. The van der Waals surface area contributed by atoms with Gasteiger partial charge in [0.05, 0.1) is 47.7 Å². The predicted molar refractivity (Wildman–Crippen MR) is 167 cm³/mol. The number of allylic oxidation sites excluding steroid dienone is 1. The summed E-state index contributed by atoms with van der Waals surface area (Å²) in [6.45, 7) is 5.20. The lowest BCUT2D eigenvalue weighted by Gasteiger charge is -2.25. The summed E-state index contributed by atoms with van der Waals surface area (Å²) in [4.78, 5) is 55.6. The van der Waals surface area contributed by atoms with Crippen molar-refractivity contribution in [1.82, 2.24) is 4.57 Å². The first-order valence-electron chi connectivity index (χ1n) is 14.2. The van der Waals surface area contributed by atoms with Crippen LogP contribution in [0.2, 0.25) is 0 Å². The van der Waals surface area contributed by atoms with Crippen molar-refractivity contribution in [3.63, 3.8) is 0 Å². The van der Waals surface area contributed by atoms with Gasteiger partial charge in [-0.05, 0) is 56.7 Å². The van der Waals surface area contributed by atoms with Gasteiger partial charge in [-0.15, -0.1) is 0 Å². The fraction of sp³-hybridized carbons (Fsp3) is 0.242. The van der Waals surface area contributed by atoms with Crippen LogP contribution >= 0.6 is 11.3 Å². The quantitative estimate of drug-likeness (QED) is 0.238. The number of rotatable bonds is 11. The Morgan fingerprint density at radius 1 is 1.04 bits per heavy atom. The molecule has 0 radical (unpaired) electrons. The van der Waals surface area contributed by atoms with Gasteiger partial charge in [0.15, 0.2) is 22.9 Å². The molecule has 1 aliphatic rings. The summed E-state index contributed by atoms with van der Waals surface area (Å²) >= 11 is 1.11. The van der Waals surface area contributed by atoms with Gasteiger partial charge in [-0.2, -0.15) is 0 Å². The fourth-order valence-corrected chi connectivity index (χ4v) is 6.00. The van der Waals surface area contributed by atoms with E-state index in [9.17, 15) is 24.3 Å². The van der Waals surface area contributed by atoms with Gasteiger partial charge in [-0.25, -0.2) is 19.4 Å². The average molecular weight is 647 g/mol. The third kappa shape index (κ3) is 6.35. The molecular weight excluding hydrogens is 616 g/mol. The molecule has 4 aromatic rings. The number of carbonyl (C=O) groups excluding carboxylic acids is 2. The van der Waals surface area contributed by atoms with Crippen LogP contribution in [0.3, 0.4) is 0 Å². The van der Waals surface area contributed by atoms with Crippen LogP contribution in [0.4, 0.5) is 0 Å². The SMILES string of the molecule is CCOC(=O)C1=C(C)N=c2s/c(=C\c3ccc(-c4ccccc4C(=O)O)o3)c(=O)n2[C@@H]1c1ccc(OCC(=O)OC)c(OCC)c1. The van der Waals surface area contributed by atoms with Crippen LogP contribution in [0.15, 0.2) is 80.1 Å². The molecule has 0 bridgehead atoms. The lowest BCUT2D eigenvalue weighted by atomic mass is 9.95. The number of thiazole rings is 1. The van der Waals surface area contributed by atoms with Crippen molar-refractivity contribution in [1.29, 1.82) is 0 Å². The highest BCUT2D eigenvalue weighted by atomic mass is 32.1. The number of ether oxygens (including phenoxy) is 4. The number of aromatic nitrogens is 1. The average Bonchev–Trinajstić information content (AvgIpc) is 3.63. The lowest BCUT2D eigenvalue weighted by molar-refractivity contribution is -0.143. The lowest BCUT2D eigenvalue weighted by Crippen LogP contribution is -2.40. The Balaban J connectivity index is 1.62. The highest BCUT2D eigenvalue weighted by molar-refractivity contribution is 7.07. The van der Waals surface area contributed by atoms with Crippen LogP contribution in [-0.2, 0) is 19.1 Å². The number of hydrogen-bond acceptors (Lipinski definition) is 11. The van der Waals surface area contributed by atoms with Gasteiger partial charge in [-0.1, -0.05) is 35.6 Å². The first-order valence-corrected chi connectivity index (χ1v) is 15.1. The summed E-state index contributed by atoms with van der Waals surface area (Å²) in [7, 11) is 1.25. The molecule has 2 aromatic heterocycles. The Bertz CT molecular complexity index is 2030. The first-order chi connectivity index (χ1) is 22.2. The van der Waals surface area contributed by atoms with Crippen molar-refractivity contribution in [2.24, 2.45) is 4.99 Å². The number of aromatic carboxylic acids is 1. The van der Waals surface area contributed by atoms with E-state index in [2.05, 4.69) is 9.73 Å². The van der Waals surface area contributed by atoms with E-state index in [0.717, 1.165) is 11.3 Å². The Hall–Kier alpha value is -5.43. The van der Waals surface area contributed by atoms with Crippen molar-refractivity contribution < 1.29 is 42.9 Å². The maximum absolute atomic E-state index is 14.0. The van der Waals surface area contributed by atoms with Gasteiger partial charge >= 0.3 is 17.9 Å². The summed E-state index contributed by atoms with van der Waals surface area (Å²) < 4.78 is 29.1. The Labute approximate surface area is 266 Å². The van der Waals surface area contributed by atoms with E-state index in [4.69, 9.17) is 18.6 Å². The summed E-state index contributed by atoms with van der Waals surface area (Å²) in [5.41, 5.74) is 1.12. The van der Waals surface area contributed by atoms with Crippen LogP contribution in [0.5, 0.6) is 11.5 Å². The molecule has 12 nitrogen and oxygen atoms in total. The van der Waals surface area contributed by atoms with Crippen LogP contribution in [0.25, 0.3) is 17.4 Å². The van der Waals surface area contributed by atoms with Crippen molar-refractivity contribution in [2.75, 3.05) is 26.9 Å². The fourth-order valence-electron chi connectivity index (χ4n) is 4.97. The zero-order valence-electron chi connectivity index (χ0n) is 25.4. The van der Waals surface area contributed by atoms with E-state index in [0.29, 0.717) is 38.9 Å². The van der Waals surface area contributed by atoms with E-state index in [-0.39, 0.29) is 41.2 Å². The Kier molecular flexibility index (Phi) is 9.52. The summed E-state index contributed by atoms with van der Waals surface area (Å²) in [5.74, 6) is -1.06. The molecule has 13 heteroatoms. The van der Waals surface area contributed by atoms with Crippen LogP contribution < -0.4 is 24.4 Å². The maximum atomic E-state index is 14.0. The molecule has 0 spiro atoms. The number of methoxy groups -OCH3 is 1. The Morgan fingerprint density at radius 2 is 1.83 bits per heavy atom. The van der Waals surface area contributed by atoms with E-state index < -0.39 is 29.5 Å². The molecule has 1 atom stereocenters. The Morgan fingerprint density at radius 3 is 2.54 bits per heavy atom. The molecule has 3 heterocycles. The van der Waals surface area contributed by atoms with Gasteiger partial charge in [0.2, 0.25) is 0 Å². The number of carboxylic acids is 1. The third-order valence-corrected chi connectivity index (χ3v) is 7.98. The molecule has 0 amide bonds. The molecule has 0 aliphatic carbocycles. The largest absolute Gasteiger partial charge is 0.490 e. The van der Waals surface area contributed by atoms with Gasteiger partial charge in [0, 0.05) is 11.6 Å². The maximum Gasteiger partial charge on any atom is 0.343 e. The number of carboxylic acid groups (broad SMARTS) is 1. The number of furan rings is 1. The second-order valence-electron chi connectivity index (χ2n) is 9.86. The monoisotopic (exact) mass is 646 g/mol. The topological polar surface area (TPSA) is 156 Å². The second-order valence-corrected chi connectivity index (χ2v) is 10.9. The molecule has 0 fully saturated rings. The minimum absolute atomic E-state index is 0.0814. The summed E-state index contributed by atoms with van der Waals surface area (Å²) in [5, 5.41) is 9.58. The number of esters is 2. The van der Waals surface area contributed by atoms with Crippen LogP contribution in [0.1, 0.15) is 48.5 Å². The van der Waals surface area contributed by atoms with Crippen molar-refractivity contribution in [2.45, 2.75) is 26.8 Å². The van der Waals surface area contributed by atoms with Crippen LogP contribution in [0, 0.1) is 0 Å². The standard InChI is InChI=1S/C33H30N2O10S/c1-5-42-25-15-19(11-13-24(25)44-17-27(36)41-4)29-28(32(40)43-6-2)18(3)34-33-35(29)30(37)26(46-33)16-20-12-14-23(45-20)21-9-7-8-10-22(21)31(38)39/h7-16,29H,5-6,17H2,1-4H3,(H,38,39)/b26-16-/t29-/m1/s1. The molecule has 0 unspecified atom stereocenters. The zero-order valence-corrected chi connectivity index (χ0v) is 26.2. The summed E-state index contributed by atoms with van der Waals surface area (Å²) in [6.07, 6.45) is 1.55. The van der Waals surface area contributed by atoms with Crippen molar-refractivity contribution in [3.8, 4) is 22.8 Å². The number of nitrogens with zero attached hydrogens (tertiary/aromatic N) is 2. The van der Waals surface area contributed by atoms with Gasteiger partial charge in [0.25, 0.3) is 5.56 Å². The van der Waals surface area contributed by atoms with Crippen molar-refractivity contribution >= 4 is 35.3 Å². The smallest absolute Gasteiger partial charge is 0.343 e. The molecule has 46 heavy (non-hydrogen) atoms. The number of benzene rings is 2. The van der Waals surface area contributed by atoms with Crippen molar-refractivity contribution in [3.05, 3.63) is 102 Å². The molecule has 0 saturated carbocycles. The van der Waals surface area contributed by atoms with E-state index in [1.807, 2.05) is 0 Å². The molecule has 0 saturated heterocycles. The van der Waals surface area contributed by atoms with Gasteiger partial charge in [-0.3, -0.25) is 9.36 Å². The third-order valence-electron chi connectivity index (χ3n) is 7.00. The molecule has 1 N–H and O–H groups in total. The predicted octanol–water partition coefficient (Wildman–Crippen LogP) is 3.71. The normalized spacial score (nSPS) is 14.3. The van der Waals surface area contributed by atoms with E-state index in [1.165, 1.54) is 17.7 Å². The highest BCUT2D eigenvalue weighted by Crippen LogP contribution is 2.36. The molecule has 1 aliphatic heterocycles. The minimum atomic E-state index is -1.09. The molecule has 2 aromatic carbocycles. The number of fused-ring (bicyclic) bond motifs is 1. The summed E-state index contributed by atoms with van der Waals surface area (Å²) in [6, 6.07) is 13.7. The number of carbonyl (C=O) groups is 3. The minimum Gasteiger partial charge on any atom is -0.490 e. The van der Waals surface area contributed by atoms with E-state index in [1.54, 1.807) is 75.4 Å². The van der Waals surface area contributed by atoms with Crippen LogP contribution in [-0.4, -0.2) is 54.5 Å². The molecule has 5 rings (SSSR count). The first kappa shape index (κ1) is 32.0. The van der Waals surface area contributed by atoms with Gasteiger partial charge in [0.1, 0.15) is 11.5 Å². The molecular formula is C33H30N2O10S.